The van der Waals surface area contributed by atoms with E-state index in [1.54, 1.807) is 34.8 Å². The SMILES string of the molecule is COCCn1c(SCC(=O)N2C[C@H](C)O[C@@H](C)C2)nc2cc(Cl)ccc2c1=O. The molecule has 2 aromatic rings. The second-order valence-corrected chi connectivity index (χ2v) is 8.23. The molecule has 9 heteroatoms. The smallest absolute Gasteiger partial charge is 0.262 e. The van der Waals surface area contributed by atoms with E-state index in [4.69, 9.17) is 21.1 Å². The molecular formula is C19H24ClN3O4S. The number of amides is 1. The highest BCUT2D eigenvalue weighted by Gasteiger charge is 2.26. The van der Waals surface area contributed by atoms with Gasteiger partial charge in [-0.15, -0.1) is 0 Å². The molecule has 0 saturated carbocycles. The van der Waals surface area contributed by atoms with Gasteiger partial charge in [0, 0.05) is 25.2 Å². The van der Waals surface area contributed by atoms with Crippen LogP contribution in [0.3, 0.4) is 0 Å². The molecule has 1 aliphatic heterocycles. The molecule has 152 valence electrons. The molecule has 0 aliphatic carbocycles. The summed E-state index contributed by atoms with van der Waals surface area (Å²) >= 11 is 7.31. The van der Waals surface area contributed by atoms with E-state index in [1.165, 1.54) is 11.8 Å². The van der Waals surface area contributed by atoms with Gasteiger partial charge in [0.25, 0.3) is 5.56 Å². The third-order valence-corrected chi connectivity index (χ3v) is 5.69. The molecular weight excluding hydrogens is 402 g/mol. The molecule has 2 heterocycles. The monoisotopic (exact) mass is 425 g/mol. The van der Waals surface area contributed by atoms with Crippen molar-refractivity contribution < 1.29 is 14.3 Å². The number of rotatable bonds is 6. The number of nitrogens with zero attached hydrogens (tertiary/aromatic N) is 3. The standard InChI is InChI=1S/C19H24ClN3O4S/c1-12-9-22(10-13(2)27-12)17(24)11-28-19-21-16-8-14(20)4-5-15(16)18(25)23(19)6-7-26-3/h4-5,8,12-13H,6-7,9-11H2,1-3H3/t12-,13-/m0/s1. The number of benzene rings is 1. The molecule has 28 heavy (non-hydrogen) atoms. The van der Waals surface area contributed by atoms with Gasteiger partial charge in [0.15, 0.2) is 5.16 Å². The first-order valence-corrected chi connectivity index (χ1v) is 10.5. The van der Waals surface area contributed by atoms with Gasteiger partial charge in [-0.3, -0.25) is 14.2 Å². The molecule has 1 amide bonds. The summed E-state index contributed by atoms with van der Waals surface area (Å²) in [7, 11) is 1.58. The highest BCUT2D eigenvalue weighted by Crippen LogP contribution is 2.21. The summed E-state index contributed by atoms with van der Waals surface area (Å²) in [6.07, 6.45) is 0.0250. The van der Waals surface area contributed by atoms with Crippen molar-refractivity contribution in [3.63, 3.8) is 0 Å². The van der Waals surface area contributed by atoms with Gasteiger partial charge in [-0.1, -0.05) is 23.4 Å². The van der Waals surface area contributed by atoms with E-state index < -0.39 is 0 Å². The van der Waals surface area contributed by atoms with Gasteiger partial charge in [0.2, 0.25) is 5.91 Å². The predicted octanol–water partition coefficient (Wildman–Crippen LogP) is 2.42. The zero-order chi connectivity index (χ0) is 20.3. The van der Waals surface area contributed by atoms with Gasteiger partial charge in [-0.05, 0) is 32.0 Å². The maximum Gasteiger partial charge on any atom is 0.262 e. The Morgan fingerprint density at radius 2 is 2.07 bits per heavy atom. The van der Waals surface area contributed by atoms with Crippen LogP contribution in [0.5, 0.6) is 0 Å². The zero-order valence-electron chi connectivity index (χ0n) is 16.2. The molecule has 0 radical (unpaired) electrons. The third kappa shape index (κ3) is 4.86. The van der Waals surface area contributed by atoms with Gasteiger partial charge in [-0.25, -0.2) is 4.98 Å². The van der Waals surface area contributed by atoms with Crippen LogP contribution >= 0.6 is 23.4 Å². The first kappa shape index (κ1) is 21.1. The van der Waals surface area contributed by atoms with Crippen LogP contribution in [0.25, 0.3) is 10.9 Å². The lowest BCUT2D eigenvalue weighted by atomic mass is 10.2. The molecule has 1 fully saturated rings. The Kier molecular flexibility index (Phi) is 6.98. The number of carbonyl (C=O) groups excluding carboxylic acids is 1. The second kappa shape index (κ2) is 9.26. The van der Waals surface area contributed by atoms with Crippen molar-refractivity contribution in [1.29, 1.82) is 0 Å². The van der Waals surface area contributed by atoms with Crippen molar-refractivity contribution in [1.82, 2.24) is 14.5 Å². The minimum absolute atomic E-state index is 0.00531. The zero-order valence-corrected chi connectivity index (χ0v) is 17.8. The minimum Gasteiger partial charge on any atom is -0.383 e. The molecule has 0 bridgehead atoms. The van der Waals surface area contributed by atoms with Crippen LogP contribution in [0.15, 0.2) is 28.2 Å². The Bertz CT molecular complexity index is 910. The van der Waals surface area contributed by atoms with Crippen molar-refractivity contribution in [3.8, 4) is 0 Å². The number of morpholine rings is 1. The van der Waals surface area contributed by atoms with Crippen molar-refractivity contribution >= 4 is 40.2 Å². The summed E-state index contributed by atoms with van der Waals surface area (Å²) < 4.78 is 12.4. The fourth-order valence-electron chi connectivity index (χ4n) is 3.26. The van der Waals surface area contributed by atoms with Crippen LogP contribution in [-0.4, -0.2) is 65.1 Å². The third-order valence-electron chi connectivity index (χ3n) is 4.50. The first-order valence-electron chi connectivity index (χ1n) is 9.14. The summed E-state index contributed by atoms with van der Waals surface area (Å²) in [5.74, 6) is 0.205. The quantitative estimate of drug-likeness (QED) is 0.522. The number of hydrogen-bond acceptors (Lipinski definition) is 6. The van der Waals surface area contributed by atoms with Gasteiger partial charge < -0.3 is 14.4 Å². The van der Waals surface area contributed by atoms with Crippen LogP contribution in [0, 0.1) is 0 Å². The van der Waals surface area contributed by atoms with Gasteiger partial charge in [0.1, 0.15) is 0 Å². The molecule has 7 nitrogen and oxygen atoms in total. The summed E-state index contributed by atoms with van der Waals surface area (Å²) in [5.41, 5.74) is 0.358. The average molecular weight is 426 g/mol. The van der Waals surface area contributed by atoms with Crippen molar-refractivity contribution in [2.24, 2.45) is 0 Å². The van der Waals surface area contributed by atoms with Crippen molar-refractivity contribution in [2.45, 2.75) is 37.8 Å². The van der Waals surface area contributed by atoms with Crippen molar-refractivity contribution in [3.05, 3.63) is 33.6 Å². The Morgan fingerprint density at radius 1 is 1.36 bits per heavy atom. The number of aromatic nitrogens is 2. The molecule has 2 atom stereocenters. The fourth-order valence-corrected chi connectivity index (χ4v) is 4.36. The van der Waals surface area contributed by atoms with E-state index in [1.807, 2.05) is 13.8 Å². The van der Waals surface area contributed by atoms with E-state index in [0.717, 1.165) is 0 Å². The van der Waals surface area contributed by atoms with Crippen LogP contribution in [-0.2, 0) is 20.8 Å². The summed E-state index contributed by atoms with van der Waals surface area (Å²) in [6.45, 7) is 5.80. The number of fused-ring (bicyclic) bond motifs is 1. The van der Waals surface area contributed by atoms with Crippen molar-refractivity contribution in [2.75, 3.05) is 32.6 Å². The minimum atomic E-state index is -0.165. The lowest BCUT2D eigenvalue weighted by Gasteiger charge is -2.35. The molecule has 0 N–H and O–H groups in total. The molecule has 0 unspecified atom stereocenters. The maximum absolute atomic E-state index is 12.9. The lowest BCUT2D eigenvalue weighted by molar-refractivity contribution is -0.140. The maximum atomic E-state index is 12.9. The summed E-state index contributed by atoms with van der Waals surface area (Å²) in [5, 5.41) is 1.49. The molecule has 1 aromatic carbocycles. The van der Waals surface area contributed by atoms with Crippen LogP contribution in [0.2, 0.25) is 5.02 Å². The number of methoxy groups -OCH3 is 1. The van der Waals surface area contributed by atoms with Crippen LogP contribution in [0.1, 0.15) is 13.8 Å². The largest absolute Gasteiger partial charge is 0.383 e. The Labute approximate surface area is 173 Å². The lowest BCUT2D eigenvalue weighted by Crippen LogP contribution is -2.48. The summed E-state index contributed by atoms with van der Waals surface area (Å²) in [4.78, 5) is 32.0. The fraction of sp³-hybridized carbons (Fsp3) is 0.526. The van der Waals surface area contributed by atoms with E-state index in [2.05, 4.69) is 4.98 Å². The number of hydrogen-bond donors (Lipinski definition) is 0. The highest BCUT2D eigenvalue weighted by molar-refractivity contribution is 7.99. The predicted molar refractivity (Wildman–Crippen MR) is 110 cm³/mol. The number of halogens is 1. The second-order valence-electron chi connectivity index (χ2n) is 6.85. The normalized spacial score (nSPS) is 19.9. The summed E-state index contributed by atoms with van der Waals surface area (Å²) in [6, 6.07) is 5.01. The average Bonchev–Trinajstić information content (AvgIpc) is 2.64. The van der Waals surface area contributed by atoms with Crippen LogP contribution in [0.4, 0.5) is 0 Å². The molecule has 0 spiro atoms. The molecule has 1 saturated heterocycles. The van der Waals surface area contributed by atoms with E-state index in [-0.39, 0.29) is 29.4 Å². The van der Waals surface area contributed by atoms with E-state index in [0.29, 0.717) is 47.3 Å². The van der Waals surface area contributed by atoms with E-state index in [9.17, 15) is 9.59 Å². The Balaban J connectivity index is 1.84. The van der Waals surface area contributed by atoms with Gasteiger partial charge >= 0.3 is 0 Å². The van der Waals surface area contributed by atoms with Crippen LogP contribution < -0.4 is 5.56 Å². The van der Waals surface area contributed by atoms with Gasteiger partial charge in [-0.2, -0.15) is 0 Å². The van der Waals surface area contributed by atoms with Gasteiger partial charge in [0.05, 0.1) is 42.0 Å². The van der Waals surface area contributed by atoms with E-state index >= 15 is 0 Å². The topological polar surface area (TPSA) is 73.7 Å². The number of ether oxygens (including phenoxy) is 2. The highest BCUT2D eigenvalue weighted by atomic mass is 35.5. The molecule has 3 rings (SSSR count). The number of thioether (sulfide) groups is 1. The number of carbonyl (C=O) groups is 1. The Hall–Kier alpha value is -1.61. The molecule has 1 aromatic heterocycles. The first-order chi connectivity index (χ1) is 13.4. The molecule has 1 aliphatic rings. The Morgan fingerprint density at radius 3 is 2.75 bits per heavy atom.